The largest absolute Gasteiger partial charge is 0.398 e. The summed E-state index contributed by atoms with van der Waals surface area (Å²) in [5, 5.41) is 9.17. The van der Waals surface area contributed by atoms with Crippen LogP contribution in [0.15, 0.2) is 12.1 Å². The lowest BCUT2D eigenvalue weighted by atomic mass is 10.0. The highest BCUT2D eigenvalue weighted by molar-refractivity contribution is 9.09. The fraction of sp³-hybridized carbons (Fsp3) is 0.111. The summed E-state index contributed by atoms with van der Waals surface area (Å²) in [6.07, 6.45) is 0. The average molecular weight is 274 g/mol. The zero-order valence-corrected chi connectivity index (χ0v) is 9.39. The summed E-state index contributed by atoms with van der Waals surface area (Å²) in [7, 11) is 0. The number of hydrogen-bond acceptors (Lipinski definition) is 3. The summed E-state index contributed by atoms with van der Waals surface area (Å²) in [5.41, 5.74) is 6.19. The molecule has 0 saturated heterocycles. The van der Waals surface area contributed by atoms with Crippen molar-refractivity contribution in [2.45, 2.75) is 0 Å². The van der Waals surface area contributed by atoms with Crippen molar-refractivity contribution < 1.29 is 4.79 Å². The summed E-state index contributed by atoms with van der Waals surface area (Å²) in [6.45, 7) is 0. The lowest BCUT2D eigenvalue weighted by Crippen LogP contribution is -2.07. The van der Waals surface area contributed by atoms with Gasteiger partial charge in [0, 0.05) is 5.69 Å². The van der Waals surface area contributed by atoms with Crippen molar-refractivity contribution in [2.24, 2.45) is 0 Å². The summed E-state index contributed by atoms with van der Waals surface area (Å²) in [5.74, 6) is -0.249. The molecule has 0 amide bonds. The van der Waals surface area contributed by atoms with Crippen LogP contribution in [0.25, 0.3) is 0 Å². The molecule has 0 heterocycles. The zero-order valence-electron chi connectivity index (χ0n) is 7.05. The van der Waals surface area contributed by atoms with E-state index in [1.807, 2.05) is 6.07 Å². The molecule has 3 nitrogen and oxygen atoms in total. The Balaban J connectivity index is 3.47. The molecule has 0 aliphatic heterocycles. The van der Waals surface area contributed by atoms with Crippen LogP contribution in [0.1, 0.15) is 15.9 Å². The topological polar surface area (TPSA) is 66.9 Å². The molecule has 0 spiro atoms. The summed E-state index contributed by atoms with van der Waals surface area (Å²) in [4.78, 5) is 11.4. The standard InChI is InChI=1S/C9H6BrClN2O/c10-3-8(14)9-5(4-12)6(11)1-2-7(9)13/h1-2H,3,13H2. The van der Waals surface area contributed by atoms with Crippen LogP contribution in [-0.4, -0.2) is 11.1 Å². The van der Waals surface area contributed by atoms with Gasteiger partial charge in [-0.15, -0.1) is 0 Å². The SMILES string of the molecule is N#Cc1c(Cl)ccc(N)c1C(=O)CBr. The molecule has 0 bridgehead atoms. The Morgan fingerprint density at radius 1 is 1.64 bits per heavy atom. The van der Waals surface area contributed by atoms with Crippen LogP contribution in [-0.2, 0) is 0 Å². The fourth-order valence-corrected chi connectivity index (χ4v) is 1.55. The Hall–Kier alpha value is -1.05. The van der Waals surface area contributed by atoms with Gasteiger partial charge in [0.15, 0.2) is 5.78 Å². The molecule has 14 heavy (non-hydrogen) atoms. The Morgan fingerprint density at radius 2 is 2.29 bits per heavy atom. The van der Waals surface area contributed by atoms with Gasteiger partial charge in [-0.2, -0.15) is 5.26 Å². The summed E-state index contributed by atoms with van der Waals surface area (Å²) >= 11 is 8.77. The number of nitrogen functional groups attached to an aromatic ring is 1. The molecule has 1 aromatic carbocycles. The van der Waals surface area contributed by atoms with Gasteiger partial charge in [-0.1, -0.05) is 27.5 Å². The molecule has 0 aliphatic rings. The maximum absolute atomic E-state index is 11.4. The molecule has 0 unspecified atom stereocenters. The number of Topliss-reactive ketones (excluding diaryl/α,β-unsaturated/α-hetero) is 1. The molecular weight excluding hydrogens is 267 g/mol. The zero-order chi connectivity index (χ0) is 10.7. The molecule has 0 fully saturated rings. The van der Waals surface area contributed by atoms with Crippen molar-refractivity contribution in [2.75, 3.05) is 11.1 Å². The van der Waals surface area contributed by atoms with Gasteiger partial charge < -0.3 is 5.73 Å². The van der Waals surface area contributed by atoms with Gasteiger partial charge in [0.25, 0.3) is 0 Å². The monoisotopic (exact) mass is 272 g/mol. The van der Waals surface area contributed by atoms with Gasteiger partial charge in [0.2, 0.25) is 0 Å². The quantitative estimate of drug-likeness (QED) is 0.511. The van der Waals surface area contributed by atoms with E-state index in [0.29, 0.717) is 0 Å². The smallest absolute Gasteiger partial charge is 0.176 e. The lowest BCUT2D eigenvalue weighted by Gasteiger charge is -2.06. The number of rotatable bonds is 2. The third-order valence-corrected chi connectivity index (χ3v) is 2.52. The number of hydrogen-bond donors (Lipinski definition) is 1. The van der Waals surface area contributed by atoms with Gasteiger partial charge in [-0.25, -0.2) is 0 Å². The first kappa shape index (κ1) is 11.0. The van der Waals surface area contributed by atoms with Crippen LogP contribution in [0.2, 0.25) is 5.02 Å². The number of alkyl halides is 1. The van der Waals surface area contributed by atoms with Gasteiger partial charge in [0.05, 0.1) is 21.5 Å². The summed E-state index contributed by atoms with van der Waals surface area (Å²) < 4.78 is 0. The summed E-state index contributed by atoms with van der Waals surface area (Å²) in [6, 6.07) is 4.88. The van der Waals surface area contributed by atoms with E-state index >= 15 is 0 Å². The third kappa shape index (κ3) is 1.89. The number of nitrogens with zero attached hydrogens (tertiary/aromatic N) is 1. The normalized spacial score (nSPS) is 9.50. The second kappa shape index (κ2) is 4.45. The minimum absolute atomic E-state index is 0.117. The highest BCUT2D eigenvalue weighted by Crippen LogP contribution is 2.25. The first-order chi connectivity index (χ1) is 6.61. The molecular formula is C9H6BrClN2O. The van der Waals surface area contributed by atoms with Gasteiger partial charge in [-0.3, -0.25) is 4.79 Å². The molecule has 1 rings (SSSR count). The number of halogens is 2. The van der Waals surface area contributed by atoms with Crippen molar-refractivity contribution in [1.82, 2.24) is 0 Å². The average Bonchev–Trinajstić information content (AvgIpc) is 2.19. The molecule has 2 N–H and O–H groups in total. The van der Waals surface area contributed by atoms with E-state index < -0.39 is 0 Å². The number of ketones is 1. The van der Waals surface area contributed by atoms with Crippen LogP contribution in [0.4, 0.5) is 5.69 Å². The number of nitriles is 1. The number of nitrogens with two attached hydrogens (primary N) is 1. The minimum Gasteiger partial charge on any atom is -0.398 e. The number of carbonyl (C=O) groups excluding carboxylic acids is 1. The van der Waals surface area contributed by atoms with Crippen LogP contribution in [0, 0.1) is 11.3 Å². The van der Waals surface area contributed by atoms with Crippen LogP contribution < -0.4 is 5.73 Å². The van der Waals surface area contributed by atoms with Crippen LogP contribution in [0.3, 0.4) is 0 Å². The van der Waals surface area contributed by atoms with E-state index in [-0.39, 0.29) is 33.0 Å². The lowest BCUT2D eigenvalue weighted by molar-refractivity contribution is 0.102. The molecule has 72 valence electrons. The number of carbonyl (C=O) groups is 1. The van der Waals surface area contributed by atoms with E-state index in [0.717, 1.165) is 0 Å². The Morgan fingerprint density at radius 3 is 2.79 bits per heavy atom. The van der Waals surface area contributed by atoms with Crippen molar-refractivity contribution >= 4 is 39.0 Å². The van der Waals surface area contributed by atoms with Crippen molar-refractivity contribution in [1.29, 1.82) is 5.26 Å². The maximum Gasteiger partial charge on any atom is 0.176 e. The van der Waals surface area contributed by atoms with Crippen LogP contribution in [0.5, 0.6) is 0 Å². The van der Waals surface area contributed by atoms with E-state index in [1.54, 1.807) is 0 Å². The molecule has 0 aromatic heterocycles. The van der Waals surface area contributed by atoms with Crippen molar-refractivity contribution in [3.8, 4) is 6.07 Å². The van der Waals surface area contributed by atoms with Crippen molar-refractivity contribution in [3.05, 3.63) is 28.3 Å². The Kier molecular flexibility index (Phi) is 3.50. The minimum atomic E-state index is -0.249. The molecule has 1 aromatic rings. The van der Waals surface area contributed by atoms with Gasteiger partial charge in [-0.05, 0) is 12.1 Å². The predicted molar refractivity (Wildman–Crippen MR) is 58.7 cm³/mol. The second-order valence-corrected chi connectivity index (χ2v) is 3.52. The van der Waals surface area contributed by atoms with E-state index in [2.05, 4.69) is 15.9 Å². The molecule has 0 radical (unpaired) electrons. The molecule has 5 heteroatoms. The second-order valence-electron chi connectivity index (χ2n) is 2.56. The van der Waals surface area contributed by atoms with Crippen molar-refractivity contribution in [3.63, 3.8) is 0 Å². The van der Waals surface area contributed by atoms with E-state index in [4.69, 9.17) is 22.6 Å². The van der Waals surface area contributed by atoms with Gasteiger partial charge in [0.1, 0.15) is 6.07 Å². The maximum atomic E-state index is 11.4. The highest BCUT2D eigenvalue weighted by Gasteiger charge is 2.16. The molecule has 0 aliphatic carbocycles. The Bertz CT molecular complexity index is 426. The third-order valence-electron chi connectivity index (χ3n) is 1.70. The van der Waals surface area contributed by atoms with Crippen LogP contribution >= 0.6 is 27.5 Å². The van der Waals surface area contributed by atoms with E-state index in [1.165, 1.54) is 12.1 Å². The first-order valence-electron chi connectivity index (χ1n) is 3.69. The first-order valence-corrected chi connectivity index (χ1v) is 5.19. The number of anilines is 1. The fourth-order valence-electron chi connectivity index (χ4n) is 1.07. The highest BCUT2D eigenvalue weighted by atomic mass is 79.9. The van der Waals surface area contributed by atoms with Gasteiger partial charge >= 0.3 is 0 Å². The molecule has 0 saturated carbocycles. The Labute approximate surface area is 94.6 Å². The van der Waals surface area contributed by atoms with E-state index in [9.17, 15) is 4.79 Å². The predicted octanol–water partition coefficient (Wildman–Crippen LogP) is 2.37. The number of benzene rings is 1. The molecule has 0 atom stereocenters.